The van der Waals surface area contributed by atoms with Crippen LogP contribution in [0.5, 0.6) is 23.0 Å². The summed E-state index contributed by atoms with van der Waals surface area (Å²) >= 11 is 11.3. The molecule has 0 bridgehead atoms. The third-order valence-corrected chi connectivity index (χ3v) is 12.7. The first-order valence-electron chi connectivity index (χ1n) is 21.0. The van der Waals surface area contributed by atoms with E-state index in [-0.39, 0.29) is 48.0 Å². The highest BCUT2D eigenvalue weighted by atomic mass is 35.5. The van der Waals surface area contributed by atoms with Crippen LogP contribution in [0.3, 0.4) is 0 Å². The van der Waals surface area contributed by atoms with Gasteiger partial charge in [0.25, 0.3) is 0 Å². The van der Waals surface area contributed by atoms with Gasteiger partial charge in [-0.1, -0.05) is 87.1 Å². The van der Waals surface area contributed by atoms with Gasteiger partial charge in [0.2, 0.25) is 0 Å². The van der Waals surface area contributed by atoms with Crippen molar-refractivity contribution in [2.75, 3.05) is 51.4 Å². The molecular formula is C48H58Cl2O8. The van der Waals surface area contributed by atoms with E-state index in [4.69, 9.17) is 51.6 Å². The van der Waals surface area contributed by atoms with Crippen molar-refractivity contribution in [3.05, 3.63) is 119 Å². The van der Waals surface area contributed by atoms with Gasteiger partial charge in [0.1, 0.15) is 73.8 Å². The predicted molar refractivity (Wildman–Crippen MR) is 228 cm³/mol. The lowest BCUT2D eigenvalue weighted by atomic mass is 9.65. The third-order valence-electron chi connectivity index (χ3n) is 12.0. The quantitative estimate of drug-likeness (QED) is 0.0756. The number of halogens is 2. The minimum Gasteiger partial charge on any atom is -0.491 e. The van der Waals surface area contributed by atoms with E-state index in [1.165, 1.54) is 73.6 Å². The van der Waals surface area contributed by atoms with E-state index in [2.05, 4.69) is 72.8 Å². The maximum absolute atomic E-state index is 9.58. The third kappa shape index (κ3) is 11.4. The topological polar surface area (TPSA) is 102 Å². The molecule has 4 aromatic carbocycles. The van der Waals surface area contributed by atoms with E-state index in [9.17, 15) is 10.2 Å². The van der Waals surface area contributed by atoms with Crippen molar-refractivity contribution in [3.8, 4) is 23.0 Å². The first-order chi connectivity index (χ1) is 28.4. The highest BCUT2D eigenvalue weighted by Crippen LogP contribution is 2.47. The van der Waals surface area contributed by atoms with Gasteiger partial charge in [0.05, 0.1) is 25.0 Å². The summed E-state index contributed by atoms with van der Waals surface area (Å²) < 4.78 is 33.4. The number of hydrogen-bond acceptors (Lipinski definition) is 8. The fraction of sp³-hybridized carbons (Fsp3) is 0.500. The maximum atomic E-state index is 9.58. The zero-order chi connectivity index (χ0) is 40.2. The van der Waals surface area contributed by atoms with E-state index in [1.807, 2.05) is 24.3 Å². The van der Waals surface area contributed by atoms with Crippen molar-refractivity contribution in [2.24, 2.45) is 0 Å². The fourth-order valence-electron chi connectivity index (χ4n) is 8.46. The molecule has 10 heteroatoms. The summed E-state index contributed by atoms with van der Waals surface area (Å²) in [5, 5.41) is 19.2. The average molecular weight is 834 g/mol. The van der Waals surface area contributed by atoms with Gasteiger partial charge in [-0.25, -0.2) is 0 Å². The molecule has 4 aliphatic rings. The summed E-state index contributed by atoms with van der Waals surface area (Å²) in [5.74, 6) is 3.63. The summed E-state index contributed by atoms with van der Waals surface area (Å²) in [6, 6.07) is 33.9. The summed E-state index contributed by atoms with van der Waals surface area (Å²) in [4.78, 5) is 0. The largest absolute Gasteiger partial charge is 0.491 e. The number of aliphatic hydroxyl groups excluding tert-OH is 2. The molecule has 2 N–H and O–H groups in total. The maximum Gasteiger partial charge on any atom is 0.119 e. The van der Waals surface area contributed by atoms with Crippen LogP contribution in [-0.2, 0) is 20.3 Å². The molecule has 4 fully saturated rings. The molecule has 2 saturated carbocycles. The van der Waals surface area contributed by atoms with Crippen LogP contribution in [0.25, 0.3) is 0 Å². The first kappa shape index (κ1) is 42.6. The van der Waals surface area contributed by atoms with Gasteiger partial charge >= 0.3 is 0 Å². The van der Waals surface area contributed by atoms with E-state index >= 15 is 0 Å². The Bertz CT molecular complexity index is 1680. The molecule has 2 aliphatic carbocycles. The Morgan fingerprint density at radius 2 is 0.741 bits per heavy atom. The zero-order valence-corrected chi connectivity index (χ0v) is 34.9. The summed E-state index contributed by atoms with van der Waals surface area (Å²) in [5.41, 5.74) is 5.40. The molecule has 4 unspecified atom stereocenters. The van der Waals surface area contributed by atoms with Crippen LogP contribution >= 0.6 is 23.2 Å². The number of alkyl halides is 2. The van der Waals surface area contributed by atoms with Gasteiger partial charge in [-0.3, -0.25) is 0 Å². The molecule has 8 rings (SSSR count). The van der Waals surface area contributed by atoms with Crippen molar-refractivity contribution < 1.29 is 38.6 Å². The molecule has 0 spiro atoms. The molecule has 4 aromatic rings. The normalized spacial score (nSPS) is 21.4. The van der Waals surface area contributed by atoms with Gasteiger partial charge in [0, 0.05) is 10.8 Å². The molecule has 8 nitrogen and oxygen atoms in total. The highest BCUT2D eigenvalue weighted by Gasteiger charge is 2.37. The van der Waals surface area contributed by atoms with Gasteiger partial charge < -0.3 is 38.6 Å². The Balaban J connectivity index is 0.000000177. The molecule has 4 atom stereocenters. The number of aliphatic hydroxyl groups is 2. The zero-order valence-electron chi connectivity index (χ0n) is 33.4. The average Bonchev–Trinajstić information content (AvgIpc) is 4.24. The van der Waals surface area contributed by atoms with Gasteiger partial charge in [-0.2, -0.15) is 0 Å². The lowest BCUT2D eigenvalue weighted by Crippen LogP contribution is -2.30. The van der Waals surface area contributed by atoms with Crippen LogP contribution in [0, 0.1) is 0 Å². The molecule has 0 aromatic heterocycles. The Kier molecular flexibility index (Phi) is 15.2. The summed E-state index contributed by atoms with van der Waals surface area (Å²) in [7, 11) is 0. The van der Waals surface area contributed by atoms with E-state index in [0.29, 0.717) is 13.2 Å². The number of hydrogen-bond donors (Lipinski definition) is 2. The first-order valence-corrected chi connectivity index (χ1v) is 22.1. The van der Waals surface area contributed by atoms with Crippen LogP contribution in [0.4, 0.5) is 0 Å². The molecule has 2 heterocycles. The van der Waals surface area contributed by atoms with E-state index in [1.54, 1.807) is 0 Å². The molecule has 312 valence electrons. The minimum absolute atomic E-state index is 0.0272. The second-order valence-electron chi connectivity index (χ2n) is 16.2. The number of ether oxygens (including phenoxy) is 6. The second-order valence-corrected chi connectivity index (χ2v) is 16.8. The van der Waals surface area contributed by atoms with Gasteiger partial charge in [0.15, 0.2) is 0 Å². The van der Waals surface area contributed by atoms with Crippen molar-refractivity contribution in [1.82, 2.24) is 0 Å². The Hall–Kier alpha value is -3.50. The molecule has 0 radical (unpaired) electrons. The lowest BCUT2D eigenvalue weighted by Gasteiger charge is -2.38. The van der Waals surface area contributed by atoms with E-state index < -0.39 is 12.2 Å². The molecule has 2 saturated heterocycles. The number of benzene rings is 4. The predicted octanol–water partition coefficient (Wildman–Crippen LogP) is 9.39. The van der Waals surface area contributed by atoms with Crippen LogP contribution < -0.4 is 18.9 Å². The SMILES string of the molecule is OC(CCl)COc1ccc(C2(c3ccc(OCC(O)CCl)cc3)CCCCC2)cc1.c1cc(C2(c3ccc(OCC4CO4)cc3)CCCCC2)ccc1OCC1CO1. The van der Waals surface area contributed by atoms with E-state index in [0.717, 1.165) is 49.1 Å². The van der Waals surface area contributed by atoms with Crippen molar-refractivity contribution in [1.29, 1.82) is 0 Å². The second kappa shape index (κ2) is 20.7. The number of rotatable bonds is 18. The molecule has 2 aliphatic heterocycles. The van der Waals surface area contributed by atoms with Crippen molar-refractivity contribution >= 4 is 23.2 Å². The Morgan fingerprint density at radius 3 is 1.00 bits per heavy atom. The van der Waals surface area contributed by atoms with Crippen LogP contribution in [0.2, 0.25) is 0 Å². The Labute approximate surface area is 353 Å². The highest BCUT2D eigenvalue weighted by molar-refractivity contribution is 6.18. The fourth-order valence-corrected chi connectivity index (χ4v) is 8.64. The summed E-state index contributed by atoms with van der Waals surface area (Å²) in [6.07, 6.45) is 11.4. The number of epoxide rings is 2. The van der Waals surface area contributed by atoms with Crippen LogP contribution in [-0.4, -0.2) is 86.0 Å². The van der Waals surface area contributed by atoms with Crippen molar-refractivity contribution in [3.63, 3.8) is 0 Å². The van der Waals surface area contributed by atoms with Crippen LogP contribution in [0.1, 0.15) is 86.5 Å². The lowest BCUT2D eigenvalue weighted by molar-refractivity contribution is 0.125. The smallest absolute Gasteiger partial charge is 0.119 e. The van der Waals surface area contributed by atoms with Gasteiger partial charge in [-0.15, -0.1) is 23.2 Å². The molecule has 0 amide bonds. The monoisotopic (exact) mass is 832 g/mol. The minimum atomic E-state index is -0.665. The molecular weight excluding hydrogens is 775 g/mol. The molecule has 58 heavy (non-hydrogen) atoms. The standard InChI is InChI=1S/C24H30Cl2O4.C24H28O4/c25-14-20(27)16-29-22-8-4-18(5-9-22)24(12-2-1-3-13-24)19-6-10-23(11-7-19)30-17-21(28)15-26;1-2-12-24(13-3-1,18-4-8-20(9-5-18)25-14-22-16-27-22)19-6-10-21(11-7-19)26-15-23-17-28-23/h4-11,20-21,27-28H,1-3,12-17H2;4-11,22-23H,1-3,12-17H2. The Morgan fingerprint density at radius 1 is 0.466 bits per heavy atom. The van der Waals surface area contributed by atoms with Crippen molar-refractivity contribution in [2.45, 2.75) is 99.5 Å². The van der Waals surface area contributed by atoms with Gasteiger partial charge in [-0.05, 0) is 96.5 Å². The van der Waals surface area contributed by atoms with Crippen LogP contribution in [0.15, 0.2) is 97.1 Å². The summed E-state index contributed by atoms with van der Waals surface area (Å²) in [6.45, 7) is 3.33.